The Balaban J connectivity index is 2.36. The molecule has 1 aromatic heterocycles. The third-order valence-corrected chi connectivity index (χ3v) is 4.47. The topological polar surface area (TPSA) is 34.9 Å². The zero-order chi connectivity index (χ0) is 14.3. The molecule has 0 aliphatic rings. The highest BCUT2D eigenvalue weighted by atomic mass is 127. The van der Waals surface area contributed by atoms with Crippen molar-refractivity contribution in [3.05, 3.63) is 65.8 Å². The van der Waals surface area contributed by atoms with Gasteiger partial charge in [0, 0.05) is 7.14 Å². The number of hydrogen-bond acceptors (Lipinski definition) is 2. The molecule has 20 heavy (non-hydrogen) atoms. The van der Waals surface area contributed by atoms with Crippen LogP contribution in [0.1, 0.15) is 5.82 Å². The van der Waals surface area contributed by atoms with Crippen molar-refractivity contribution in [3.63, 3.8) is 0 Å². The van der Waals surface area contributed by atoms with E-state index in [1.807, 2.05) is 49.4 Å². The van der Waals surface area contributed by atoms with Crippen molar-refractivity contribution in [1.29, 1.82) is 0 Å². The summed E-state index contributed by atoms with van der Waals surface area (Å²) >= 11 is 4.45. The first kappa shape index (κ1) is 14.0. The van der Waals surface area contributed by atoms with Gasteiger partial charge in [-0.05, 0) is 94.6 Å². The average Bonchev–Trinajstić information content (AvgIpc) is 2.42. The van der Waals surface area contributed by atoms with Gasteiger partial charge < -0.3 is 0 Å². The second-order valence-electron chi connectivity index (χ2n) is 4.44. The molecule has 3 rings (SSSR count). The van der Waals surface area contributed by atoms with E-state index in [2.05, 4.69) is 50.2 Å². The van der Waals surface area contributed by atoms with Gasteiger partial charge in [0.05, 0.1) is 16.6 Å². The second-order valence-corrected chi connectivity index (χ2v) is 6.93. The molecule has 2 aromatic carbocycles. The molecule has 100 valence electrons. The Labute approximate surface area is 143 Å². The van der Waals surface area contributed by atoms with E-state index in [4.69, 9.17) is 0 Å². The molecular formula is C15H10I2N2O. The van der Waals surface area contributed by atoms with Gasteiger partial charge in [-0.3, -0.25) is 9.36 Å². The number of benzene rings is 2. The molecule has 0 amide bonds. The summed E-state index contributed by atoms with van der Waals surface area (Å²) in [5, 5.41) is 0.654. The second kappa shape index (κ2) is 5.44. The van der Waals surface area contributed by atoms with Crippen LogP contribution < -0.4 is 5.56 Å². The number of halogens is 2. The van der Waals surface area contributed by atoms with Crippen LogP contribution in [0.4, 0.5) is 0 Å². The third kappa shape index (κ3) is 2.48. The molecule has 0 unspecified atom stereocenters. The van der Waals surface area contributed by atoms with E-state index in [1.54, 1.807) is 4.57 Å². The highest BCUT2D eigenvalue weighted by molar-refractivity contribution is 14.1. The van der Waals surface area contributed by atoms with E-state index in [0.717, 1.165) is 18.3 Å². The Kier molecular flexibility index (Phi) is 3.80. The Bertz CT molecular complexity index is 854. The van der Waals surface area contributed by atoms with Crippen LogP contribution in [0, 0.1) is 14.1 Å². The van der Waals surface area contributed by atoms with Crippen LogP contribution in [0.25, 0.3) is 16.6 Å². The lowest BCUT2D eigenvalue weighted by Gasteiger charge is -2.11. The number of fused-ring (bicyclic) bond motifs is 1. The zero-order valence-electron chi connectivity index (χ0n) is 10.6. The zero-order valence-corrected chi connectivity index (χ0v) is 14.9. The van der Waals surface area contributed by atoms with Gasteiger partial charge in [-0.2, -0.15) is 0 Å². The fourth-order valence-corrected chi connectivity index (χ4v) is 3.01. The van der Waals surface area contributed by atoms with Gasteiger partial charge in [0.25, 0.3) is 5.56 Å². The van der Waals surface area contributed by atoms with E-state index in [-0.39, 0.29) is 5.56 Å². The predicted octanol–water partition coefficient (Wildman–Crippen LogP) is 3.90. The van der Waals surface area contributed by atoms with Crippen molar-refractivity contribution in [3.8, 4) is 5.69 Å². The predicted molar refractivity (Wildman–Crippen MR) is 97.5 cm³/mol. The fourth-order valence-electron chi connectivity index (χ4n) is 2.16. The Hall–Kier alpha value is -0.960. The maximum absolute atomic E-state index is 12.7. The van der Waals surface area contributed by atoms with Gasteiger partial charge in [0.2, 0.25) is 0 Å². The van der Waals surface area contributed by atoms with Gasteiger partial charge in [-0.25, -0.2) is 4.98 Å². The first-order chi connectivity index (χ1) is 9.56. The minimum absolute atomic E-state index is 0.0211. The Morgan fingerprint density at radius 3 is 2.35 bits per heavy atom. The van der Waals surface area contributed by atoms with Gasteiger partial charge in [-0.1, -0.05) is 0 Å². The first-order valence-electron chi connectivity index (χ1n) is 6.01. The van der Waals surface area contributed by atoms with Crippen LogP contribution >= 0.6 is 45.2 Å². The molecule has 0 spiro atoms. The monoisotopic (exact) mass is 488 g/mol. The molecule has 0 aliphatic carbocycles. The fraction of sp³-hybridized carbons (Fsp3) is 0.0667. The van der Waals surface area contributed by atoms with Gasteiger partial charge in [0.1, 0.15) is 5.82 Å². The van der Waals surface area contributed by atoms with Crippen molar-refractivity contribution < 1.29 is 0 Å². The lowest BCUT2D eigenvalue weighted by Crippen LogP contribution is -2.22. The molecule has 3 nitrogen and oxygen atoms in total. The summed E-state index contributed by atoms with van der Waals surface area (Å²) in [7, 11) is 0. The summed E-state index contributed by atoms with van der Waals surface area (Å²) in [6.45, 7) is 1.86. The van der Waals surface area contributed by atoms with Crippen LogP contribution in [0.2, 0.25) is 0 Å². The smallest absolute Gasteiger partial charge is 0.265 e. The molecule has 3 aromatic rings. The van der Waals surface area contributed by atoms with Crippen molar-refractivity contribution in [1.82, 2.24) is 9.55 Å². The maximum Gasteiger partial charge on any atom is 0.265 e. The number of hydrogen-bond donors (Lipinski definition) is 0. The van der Waals surface area contributed by atoms with Crippen molar-refractivity contribution in [2.75, 3.05) is 0 Å². The lowest BCUT2D eigenvalue weighted by molar-refractivity contribution is 0.894. The van der Waals surface area contributed by atoms with Gasteiger partial charge in [0.15, 0.2) is 0 Å². The molecule has 1 heterocycles. The quantitative estimate of drug-likeness (QED) is 0.488. The molecule has 0 radical (unpaired) electrons. The third-order valence-electron chi connectivity index (χ3n) is 3.08. The lowest BCUT2D eigenvalue weighted by atomic mass is 10.2. The summed E-state index contributed by atoms with van der Waals surface area (Å²) in [5.41, 5.74) is 1.57. The number of aromatic nitrogens is 2. The van der Waals surface area contributed by atoms with E-state index in [9.17, 15) is 4.79 Å². The molecule has 5 heteroatoms. The summed E-state index contributed by atoms with van der Waals surface area (Å²) < 4.78 is 3.83. The highest BCUT2D eigenvalue weighted by Crippen LogP contribution is 2.16. The van der Waals surface area contributed by atoms with E-state index in [1.165, 1.54) is 0 Å². The standard InChI is InChI=1S/C15H10I2N2O/c1-9-18-14-7-4-11(17)8-13(14)15(20)19(9)12-5-2-10(16)3-6-12/h2-8H,1H3. The van der Waals surface area contributed by atoms with Crippen LogP contribution in [0.3, 0.4) is 0 Å². The minimum Gasteiger partial charge on any atom is -0.268 e. The van der Waals surface area contributed by atoms with Crippen LogP contribution in [0.5, 0.6) is 0 Å². The Morgan fingerprint density at radius 2 is 1.65 bits per heavy atom. The molecular weight excluding hydrogens is 478 g/mol. The van der Waals surface area contributed by atoms with Gasteiger partial charge >= 0.3 is 0 Å². The summed E-state index contributed by atoms with van der Waals surface area (Å²) in [6, 6.07) is 13.6. The van der Waals surface area contributed by atoms with Crippen LogP contribution in [-0.4, -0.2) is 9.55 Å². The number of aryl methyl sites for hydroxylation is 1. The van der Waals surface area contributed by atoms with E-state index >= 15 is 0 Å². The number of rotatable bonds is 1. The summed E-state index contributed by atoms with van der Waals surface area (Å²) in [4.78, 5) is 17.2. The molecule has 0 bridgehead atoms. The number of nitrogens with zero attached hydrogens (tertiary/aromatic N) is 2. The SMILES string of the molecule is Cc1nc2ccc(I)cc2c(=O)n1-c1ccc(I)cc1. The first-order valence-corrected chi connectivity index (χ1v) is 8.17. The maximum atomic E-state index is 12.7. The summed E-state index contributed by atoms with van der Waals surface area (Å²) in [6.07, 6.45) is 0. The van der Waals surface area contributed by atoms with E-state index < -0.39 is 0 Å². The van der Waals surface area contributed by atoms with E-state index in [0.29, 0.717) is 11.2 Å². The normalized spacial score (nSPS) is 10.9. The van der Waals surface area contributed by atoms with Gasteiger partial charge in [-0.15, -0.1) is 0 Å². The largest absolute Gasteiger partial charge is 0.268 e. The molecule has 0 aliphatic heterocycles. The average molecular weight is 488 g/mol. The van der Waals surface area contributed by atoms with Crippen LogP contribution in [0.15, 0.2) is 47.3 Å². The minimum atomic E-state index is -0.0211. The van der Waals surface area contributed by atoms with Crippen molar-refractivity contribution in [2.24, 2.45) is 0 Å². The highest BCUT2D eigenvalue weighted by Gasteiger charge is 2.10. The van der Waals surface area contributed by atoms with Crippen molar-refractivity contribution >= 4 is 56.1 Å². The molecule has 0 saturated carbocycles. The van der Waals surface area contributed by atoms with Crippen LogP contribution in [-0.2, 0) is 0 Å². The molecule has 0 N–H and O–H groups in total. The molecule has 0 atom stereocenters. The molecule has 0 saturated heterocycles. The van der Waals surface area contributed by atoms with Crippen molar-refractivity contribution in [2.45, 2.75) is 6.92 Å². The summed E-state index contributed by atoms with van der Waals surface area (Å²) in [5.74, 6) is 0.699. The Morgan fingerprint density at radius 1 is 1.00 bits per heavy atom. The molecule has 0 fully saturated rings.